The summed E-state index contributed by atoms with van der Waals surface area (Å²) in [6.07, 6.45) is 15.2. The van der Waals surface area contributed by atoms with E-state index in [2.05, 4.69) is 41.5 Å². The molecule has 36 heavy (non-hydrogen) atoms. The van der Waals surface area contributed by atoms with Crippen molar-refractivity contribution in [2.45, 2.75) is 70.6 Å². The van der Waals surface area contributed by atoms with Crippen molar-refractivity contribution in [2.75, 3.05) is 10.6 Å². The monoisotopic (exact) mass is 482 g/mol. The van der Waals surface area contributed by atoms with Gasteiger partial charge in [-0.2, -0.15) is 0 Å². The van der Waals surface area contributed by atoms with Crippen LogP contribution in [0.4, 0.5) is 11.4 Å². The lowest BCUT2D eigenvalue weighted by Crippen LogP contribution is -2.14. The van der Waals surface area contributed by atoms with E-state index < -0.39 is 0 Å². The first kappa shape index (κ1) is 24.4. The van der Waals surface area contributed by atoms with E-state index in [0.717, 1.165) is 46.1 Å². The van der Waals surface area contributed by atoms with E-state index in [-0.39, 0.29) is 17.7 Å². The average molecular weight is 483 g/mol. The number of carbonyl (C=O) groups is 1. The van der Waals surface area contributed by atoms with Gasteiger partial charge in [-0.3, -0.25) is 4.79 Å². The molecule has 2 fully saturated rings. The van der Waals surface area contributed by atoms with Crippen LogP contribution in [-0.4, -0.2) is 5.91 Å². The summed E-state index contributed by atoms with van der Waals surface area (Å²) in [5.74, 6) is 1.28. The van der Waals surface area contributed by atoms with Crippen molar-refractivity contribution in [1.29, 1.82) is 0 Å². The van der Waals surface area contributed by atoms with Crippen LogP contribution in [0.15, 0.2) is 72.1 Å². The van der Waals surface area contributed by atoms with Gasteiger partial charge in [-0.1, -0.05) is 69.4 Å². The van der Waals surface area contributed by atoms with Crippen LogP contribution >= 0.6 is 0 Å². The number of nitrogens with one attached hydrogen (secondary N) is 2. The minimum Gasteiger partial charge on any atom is -0.472 e. The molecule has 4 heteroatoms. The first-order valence-electron chi connectivity index (χ1n) is 13.6. The van der Waals surface area contributed by atoms with Crippen molar-refractivity contribution in [3.05, 3.63) is 89.9 Å². The molecule has 2 unspecified atom stereocenters. The third-order valence-electron chi connectivity index (χ3n) is 8.00. The molecule has 2 saturated carbocycles. The Hall–Kier alpha value is -3.27. The number of anilines is 2. The normalized spacial score (nSPS) is 19.9. The third kappa shape index (κ3) is 6.10. The minimum absolute atomic E-state index is 0.0237. The molecule has 1 amide bonds. The Bertz CT molecular complexity index is 1170. The van der Waals surface area contributed by atoms with Gasteiger partial charge in [-0.25, -0.2) is 0 Å². The summed E-state index contributed by atoms with van der Waals surface area (Å²) in [6, 6.07) is 16.8. The molecule has 2 atom stereocenters. The molecule has 2 N–H and O–H groups in total. The number of rotatable bonds is 9. The van der Waals surface area contributed by atoms with Gasteiger partial charge >= 0.3 is 0 Å². The highest BCUT2D eigenvalue weighted by atomic mass is 16.3. The fourth-order valence-electron chi connectivity index (χ4n) is 5.59. The van der Waals surface area contributed by atoms with E-state index in [1.807, 2.05) is 31.2 Å². The van der Waals surface area contributed by atoms with Crippen LogP contribution in [0.5, 0.6) is 0 Å². The summed E-state index contributed by atoms with van der Waals surface area (Å²) >= 11 is 0. The zero-order valence-electron chi connectivity index (χ0n) is 21.4. The lowest BCUT2D eigenvalue weighted by molar-refractivity contribution is -0.117. The molecule has 2 aliphatic rings. The molecule has 188 valence electrons. The minimum atomic E-state index is 0.0237. The molecule has 0 spiro atoms. The second-order valence-corrected chi connectivity index (χ2v) is 10.7. The van der Waals surface area contributed by atoms with Crippen LogP contribution < -0.4 is 10.6 Å². The number of furan rings is 1. The molecule has 0 radical (unpaired) electrons. The number of amides is 1. The van der Waals surface area contributed by atoms with E-state index in [9.17, 15) is 4.79 Å². The molecule has 0 bridgehead atoms. The van der Waals surface area contributed by atoms with Gasteiger partial charge in [0, 0.05) is 23.0 Å². The zero-order chi connectivity index (χ0) is 24.9. The van der Waals surface area contributed by atoms with Crippen molar-refractivity contribution in [3.8, 4) is 0 Å². The molecular weight excluding hydrogens is 444 g/mol. The van der Waals surface area contributed by atoms with Gasteiger partial charge in [0.15, 0.2) is 0 Å². The quantitative estimate of drug-likeness (QED) is 0.302. The average Bonchev–Trinajstić information content (AvgIpc) is 3.59. The van der Waals surface area contributed by atoms with Crippen molar-refractivity contribution >= 4 is 23.0 Å². The second-order valence-electron chi connectivity index (χ2n) is 10.7. The van der Waals surface area contributed by atoms with Crippen molar-refractivity contribution in [2.24, 2.45) is 11.8 Å². The van der Waals surface area contributed by atoms with Crippen molar-refractivity contribution < 1.29 is 9.21 Å². The third-order valence-corrected chi connectivity index (χ3v) is 8.00. The van der Waals surface area contributed by atoms with Gasteiger partial charge in [0.2, 0.25) is 5.91 Å². The van der Waals surface area contributed by atoms with Gasteiger partial charge in [-0.05, 0) is 84.5 Å². The lowest BCUT2D eigenvalue weighted by atomic mass is 9.92. The number of benzene rings is 2. The summed E-state index contributed by atoms with van der Waals surface area (Å²) < 4.78 is 5.15. The zero-order valence-corrected chi connectivity index (χ0v) is 21.4. The highest BCUT2D eigenvalue weighted by Gasteiger charge is 2.44. The predicted octanol–water partition coefficient (Wildman–Crippen LogP) is 8.32. The van der Waals surface area contributed by atoms with Crippen LogP contribution in [0.25, 0.3) is 5.70 Å². The molecule has 5 rings (SSSR count). The summed E-state index contributed by atoms with van der Waals surface area (Å²) in [5, 5.41) is 6.53. The highest BCUT2D eigenvalue weighted by Crippen LogP contribution is 2.48. The van der Waals surface area contributed by atoms with Crippen LogP contribution in [0, 0.1) is 18.8 Å². The van der Waals surface area contributed by atoms with E-state index in [0.29, 0.717) is 0 Å². The predicted molar refractivity (Wildman–Crippen MR) is 148 cm³/mol. The van der Waals surface area contributed by atoms with E-state index in [1.54, 1.807) is 12.5 Å². The number of hydrogen-bond acceptors (Lipinski definition) is 3. The Morgan fingerprint density at radius 3 is 2.47 bits per heavy atom. The summed E-state index contributed by atoms with van der Waals surface area (Å²) in [6.45, 7) is 6.32. The topological polar surface area (TPSA) is 54.3 Å². The maximum absolute atomic E-state index is 12.6. The van der Waals surface area contributed by atoms with Gasteiger partial charge in [-0.15, -0.1) is 0 Å². The molecule has 3 aromatic rings. The van der Waals surface area contributed by atoms with Gasteiger partial charge in [0.1, 0.15) is 0 Å². The largest absolute Gasteiger partial charge is 0.472 e. The Kier molecular flexibility index (Phi) is 7.60. The van der Waals surface area contributed by atoms with Gasteiger partial charge < -0.3 is 15.1 Å². The standard InChI is InChI=1S/C32H38N2O2/c1-22-19-28(34-32(35)30-20-29(30)27-17-18-36-21-27)15-16-31(22)33-23(2)26-13-11-25(12-14-26)10-9-24-7-5-3-4-6-8-24/h11-19,21,24,29-30,33H,2-10,20H2,1H3,(H,34,35). The first-order chi connectivity index (χ1) is 17.6. The number of carbonyl (C=O) groups excluding carboxylic acids is 1. The van der Waals surface area contributed by atoms with Gasteiger partial charge in [0.25, 0.3) is 0 Å². The fraction of sp³-hybridized carbons (Fsp3) is 0.406. The molecule has 0 aliphatic heterocycles. The SMILES string of the molecule is C=C(Nc1ccc(NC(=O)C2CC2c2ccoc2)cc1C)c1ccc(CCC2CCCCCC2)cc1. The molecule has 1 heterocycles. The van der Waals surface area contributed by atoms with Crippen molar-refractivity contribution in [1.82, 2.24) is 0 Å². The van der Waals surface area contributed by atoms with E-state index in [4.69, 9.17) is 4.42 Å². The maximum Gasteiger partial charge on any atom is 0.228 e. The molecular formula is C32H38N2O2. The second kappa shape index (κ2) is 11.2. The Balaban J connectivity index is 1.12. The van der Waals surface area contributed by atoms with Crippen LogP contribution in [-0.2, 0) is 11.2 Å². The number of hydrogen-bond donors (Lipinski definition) is 2. The lowest BCUT2D eigenvalue weighted by Gasteiger charge is -2.15. The van der Waals surface area contributed by atoms with E-state index >= 15 is 0 Å². The molecule has 0 saturated heterocycles. The summed E-state index contributed by atoms with van der Waals surface area (Å²) in [5.41, 5.74) is 7.39. The highest BCUT2D eigenvalue weighted by molar-refractivity contribution is 5.95. The number of aryl methyl sites for hydroxylation is 2. The smallest absolute Gasteiger partial charge is 0.228 e. The Morgan fingerprint density at radius 1 is 1.00 bits per heavy atom. The molecule has 4 nitrogen and oxygen atoms in total. The first-order valence-corrected chi connectivity index (χ1v) is 13.6. The van der Waals surface area contributed by atoms with Crippen LogP contribution in [0.1, 0.15) is 79.5 Å². The van der Waals surface area contributed by atoms with Crippen molar-refractivity contribution in [3.63, 3.8) is 0 Å². The van der Waals surface area contributed by atoms with Crippen LogP contribution in [0.2, 0.25) is 0 Å². The van der Waals surface area contributed by atoms with E-state index in [1.165, 1.54) is 56.9 Å². The van der Waals surface area contributed by atoms with Gasteiger partial charge in [0.05, 0.1) is 12.5 Å². The maximum atomic E-state index is 12.6. The van der Waals surface area contributed by atoms with Crippen LogP contribution in [0.3, 0.4) is 0 Å². The molecule has 1 aromatic heterocycles. The Labute approximate surface area is 215 Å². The summed E-state index contributed by atoms with van der Waals surface area (Å²) in [4.78, 5) is 12.6. The Morgan fingerprint density at radius 2 is 1.78 bits per heavy atom. The molecule has 2 aliphatic carbocycles. The molecule has 2 aromatic carbocycles. The summed E-state index contributed by atoms with van der Waals surface area (Å²) in [7, 11) is 0. The fourth-order valence-corrected chi connectivity index (χ4v) is 5.59.